The molecule has 6 nitrogen and oxygen atoms in total. The molecule has 3 rings (SSSR count). The van der Waals surface area contributed by atoms with Crippen LogP contribution in [0.3, 0.4) is 0 Å². The second kappa shape index (κ2) is 6.98. The van der Waals surface area contributed by atoms with E-state index < -0.39 is 0 Å². The number of aromatic nitrogens is 3. The molecule has 2 heterocycles. The molecule has 2 aromatic heterocycles. The van der Waals surface area contributed by atoms with Gasteiger partial charge in [0.2, 0.25) is 0 Å². The van der Waals surface area contributed by atoms with Crippen molar-refractivity contribution in [3.63, 3.8) is 0 Å². The monoisotopic (exact) mass is 326 g/mol. The molecule has 0 saturated heterocycles. The molecule has 1 aromatic carbocycles. The minimum Gasteiger partial charge on any atom is -0.394 e. The van der Waals surface area contributed by atoms with E-state index in [0.29, 0.717) is 5.82 Å². The molecular weight excluding hydrogens is 304 g/mol. The number of nitrogens with zero attached hydrogens (tertiary/aromatic N) is 3. The quantitative estimate of drug-likeness (QED) is 0.647. The first kappa shape index (κ1) is 16.4. The second-order valence-corrected chi connectivity index (χ2v) is 6.17. The van der Waals surface area contributed by atoms with E-state index in [1.54, 1.807) is 10.7 Å². The fourth-order valence-electron chi connectivity index (χ4n) is 2.59. The summed E-state index contributed by atoms with van der Waals surface area (Å²) >= 11 is 0. The number of nitrogens with one attached hydrogen (secondary N) is 1. The number of rotatable bonds is 6. The number of hydrogen-bond donors (Lipinski definition) is 3. The zero-order chi connectivity index (χ0) is 17.1. The van der Waals surface area contributed by atoms with Gasteiger partial charge in [-0.2, -0.15) is 0 Å². The highest BCUT2D eigenvalue weighted by Crippen LogP contribution is 2.22. The Labute approximate surface area is 140 Å². The summed E-state index contributed by atoms with van der Waals surface area (Å²) in [5, 5.41) is 26.7. The van der Waals surface area contributed by atoms with Gasteiger partial charge in [-0.1, -0.05) is 32.0 Å². The standard InChI is InChI=1S/C18H22N4O2/c1-12(2)15(11-24)20-17-6-7-18-19-9-16(22(18)21-17)14-5-3-4-13(8-14)10-23/h3-9,12,15,23-24H,10-11H2,1-2H3,(H,20,21)/t15-/m1/s1. The Morgan fingerprint density at radius 2 is 2.00 bits per heavy atom. The van der Waals surface area contributed by atoms with Crippen LogP contribution in [0.15, 0.2) is 42.6 Å². The lowest BCUT2D eigenvalue weighted by Gasteiger charge is -2.20. The molecule has 3 N–H and O–H groups in total. The molecule has 0 amide bonds. The summed E-state index contributed by atoms with van der Waals surface area (Å²) in [5.41, 5.74) is 3.39. The van der Waals surface area contributed by atoms with Crippen LogP contribution in [-0.2, 0) is 6.61 Å². The molecule has 0 aliphatic heterocycles. The maximum atomic E-state index is 9.49. The largest absolute Gasteiger partial charge is 0.394 e. The van der Waals surface area contributed by atoms with E-state index in [0.717, 1.165) is 22.5 Å². The van der Waals surface area contributed by atoms with Crippen molar-refractivity contribution >= 4 is 11.5 Å². The second-order valence-electron chi connectivity index (χ2n) is 6.17. The third kappa shape index (κ3) is 3.25. The van der Waals surface area contributed by atoms with Gasteiger partial charge in [0.05, 0.1) is 31.1 Å². The van der Waals surface area contributed by atoms with Crippen LogP contribution < -0.4 is 5.32 Å². The van der Waals surface area contributed by atoms with Gasteiger partial charge in [-0.05, 0) is 29.7 Å². The average Bonchev–Trinajstić information content (AvgIpc) is 3.02. The van der Waals surface area contributed by atoms with Gasteiger partial charge in [-0.3, -0.25) is 0 Å². The SMILES string of the molecule is CC(C)[C@@H](CO)Nc1ccc2ncc(-c3cccc(CO)c3)n2n1. The van der Waals surface area contributed by atoms with Crippen LogP contribution in [0.5, 0.6) is 0 Å². The number of hydrogen-bond acceptors (Lipinski definition) is 5. The molecule has 24 heavy (non-hydrogen) atoms. The Morgan fingerprint density at radius 3 is 2.71 bits per heavy atom. The fourth-order valence-corrected chi connectivity index (χ4v) is 2.59. The summed E-state index contributed by atoms with van der Waals surface area (Å²) in [5.74, 6) is 0.976. The average molecular weight is 326 g/mol. The van der Waals surface area contributed by atoms with Gasteiger partial charge in [0, 0.05) is 5.56 Å². The van der Waals surface area contributed by atoms with Crippen LogP contribution in [-0.4, -0.2) is 37.5 Å². The van der Waals surface area contributed by atoms with Crippen molar-refractivity contribution in [3.05, 3.63) is 48.2 Å². The molecule has 0 radical (unpaired) electrons. The van der Waals surface area contributed by atoms with Crippen molar-refractivity contribution in [1.82, 2.24) is 14.6 Å². The zero-order valence-electron chi connectivity index (χ0n) is 13.8. The molecule has 0 bridgehead atoms. The number of benzene rings is 1. The first-order valence-electron chi connectivity index (χ1n) is 8.04. The van der Waals surface area contributed by atoms with Gasteiger partial charge in [0.15, 0.2) is 5.65 Å². The Balaban J connectivity index is 1.99. The number of imidazole rings is 1. The van der Waals surface area contributed by atoms with Crippen molar-refractivity contribution in [1.29, 1.82) is 0 Å². The molecule has 0 fully saturated rings. The van der Waals surface area contributed by atoms with Crippen LogP contribution in [0.25, 0.3) is 16.9 Å². The third-order valence-corrected chi connectivity index (χ3v) is 4.10. The van der Waals surface area contributed by atoms with Crippen molar-refractivity contribution in [2.45, 2.75) is 26.5 Å². The summed E-state index contributed by atoms with van der Waals surface area (Å²) in [7, 11) is 0. The minimum atomic E-state index is -0.0559. The normalized spacial score (nSPS) is 12.7. The Hall–Kier alpha value is -2.44. The Morgan fingerprint density at radius 1 is 1.17 bits per heavy atom. The highest BCUT2D eigenvalue weighted by Gasteiger charge is 2.14. The predicted molar refractivity (Wildman–Crippen MR) is 93.7 cm³/mol. The zero-order valence-corrected chi connectivity index (χ0v) is 13.8. The van der Waals surface area contributed by atoms with E-state index in [4.69, 9.17) is 0 Å². The first-order chi connectivity index (χ1) is 11.6. The Kier molecular flexibility index (Phi) is 4.78. The molecule has 0 aliphatic rings. The summed E-state index contributed by atoms with van der Waals surface area (Å²) in [6, 6.07) is 11.4. The number of anilines is 1. The van der Waals surface area contributed by atoms with Crippen LogP contribution in [0, 0.1) is 5.92 Å². The Bertz CT molecular complexity index is 829. The number of fused-ring (bicyclic) bond motifs is 1. The summed E-state index contributed by atoms with van der Waals surface area (Å²) in [4.78, 5) is 4.39. The highest BCUT2D eigenvalue weighted by atomic mass is 16.3. The predicted octanol–water partition coefficient (Wildman–Crippen LogP) is 2.32. The minimum absolute atomic E-state index is 0.00260. The molecule has 126 valence electrons. The number of aliphatic hydroxyl groups excluding tert-OH is 2. The van der Waals surface area contributed by atoms with Crippen LogP contribution in [0.1, 0.15) is 19.4 Å². The summed E-state index contributed by atoms with van der Waals surface area (Å²) in [6.07, 6.45) is 1.77. The van der Waals surface area contributed by atoms with E-state index in [1.807, 2.05) is 36.4 Å². The molecule has 1 atom stereocenters. The van der Waals surface area contributed by atoms with Crippen LogP contribution in [0.2, 0.25) is 0 Å². The molecule has 3 aromatic rings. The van der Waals surface area contributed by atoms with E-state index in [-0.39, 0.29) is 25.2 Å². The third-order valence-electron chi connectivity index (χ3n) is 4.10. The lowest BCUT2D eigenvalue weighted by molar-refractivity contribution is 0.249. The van der Waals surface area contributed by atoms with Crippen LogP contribution >= 0.6 is 0 Å². The molecular formula is C18H22N4O2. The molecule has 6 heteroatoms. The molecule has 0 spiro atoms. The van der Waals surface area contributed by atoms with Crippen molar-refractivity contribution in [2.75, 3.05) is 11.9 Å². The summed E-state index contributed by atoms with van der Waals surface area (Å²) in [6.45, 7) is 4.15. The van der Waals surface area contributed by atoms with Crippen molar-refractivity contribution in [2.24, 2.45) is 5.92 Å². The maximum Gasteiger partial charge on any atom is 0.154 e. The highest BCUT2D eigenvalue weighted by molar-refractivity contribution is 5.64. The van der Waals surface area contributed by atoms with Gasteiger partial charge in [-0.25, -0.2) is 9.50 Å². The topological polar surface area (TPSA) is 82.7 Å². The van der Waals surface area contributed by atoms with E-state index in [2.05, 4.69) is 29.2 Å². The van der Waals surface area contributed by atoms with Gasteiger partial charge < -0.3 is 15.5 Å². The van der Waals surface area contributed by atoms with Crippen molar-refractivity contribution in [3.8, 4) is 11.3 Å². The number of aliphatic hydroxyl groups is 2. The smallest absolute Gasteiger partial charge is 0.154 e. The lowest BCUT2D eigenvalue weighted by Crippen LogP contribution is -2.30. The first-order valence-corrected chi connectivity index (χ1v) is 8.04. The molecule has 0 aliphatic carbocycles. The van der Waals surface area contributed by atoms with E-state index >= 15 is 0 Å². The lowest BCUT2D eigenvalue weighted by atomic mass is 10.1. The van der Waals surface area contributed by atoms with Crippen LogP contribution in [0.4, 0.5) is 5.82 Å². The fraction of sp³-hybridized carbons (Fsp3) is 0.333. The van der Waals surface area contributed by atoms with Gasteiger partial charge in [0.1, 0.15) is 5.82 Å². The molecule has 0 saturated carbocycles. The van der Waals surface area contributed by atoms with E-state index in [1.165, 1.54) is 0 Å². The van der Waals surface area contributed by atoms with Gasteiger partial charge in [-0.15, -0.1) is 5.10 Å². The maximum absolute atomic E-state index is 9.49. The van der Waals surface area contributed by atoms with Gasteiger partial charge in [0.25, 0.3) is 0 Å². The molecule has 0 unspecified atom stereocenters. The van der Waals surface area contributed by atoms with Gasteiger partial charge >= 0.3 is 0 Å². The summed E-state index contributed by atoms with van der Waals surface area (Å²) < 4.78 is 1.77. The van der Waals surface area contributed by atoms with E-state index in [9.17, 15) is 10.2 Å². The van der Waals surface area contributed by atoms with Crippen molar-refractivity contribution < 1.29 is 10.2 Å².